The number of carboxylic acid groups (broad SMARTS) is 1. The number of aromatic nitrogens is 1. The van der Waals surface area contributed by atoms with Gasteiger partial charge in [-0.1, -0.05) is 6.07 Å². The number of hydrogen-bond acceptors (Lipinski definition) is 2. The molecule has 0 saturated heterocycles. The van der Waals surface area contributed by atoms with E-state index in [9.17, 15) is 14.3 Å². The fourth-order valence-corrected chi connectivity index (χ4v) is 2.93. The third-order valence-electron chi connectivity index (χ3n) is 3.81. The highest BCUT2D eigenvalue weighted by Crippen LogP contribution is 2.37. The molecule has 1 unspecified atom stereocenters. The lowest BCUT2D eigenvalue weighted by Gasteiger charge is -2.25. The molecule has 1 aliphatic carbocycles. The molecule has 0 bridgehead atoms. The van der Waals surface area contributed by atoms with Gasteiger partial charge in [0.1, 0.15) is 5.82 Å². The molecular formula is C16H14FNO2. The molecule has 3 rings (SSSR count). The SMILES string of the molecule is O=C(O)c1ccc(F)cc1C1CCCc2cccnc21. The highest BCUT2D eigenvalue weighted by Gasteiger charge is 2.27. The predicted octanol–water partition coefficient (Wildman–Crippen LogP) is 3.39. The van der Waals surface area contributed by atoms with E-state index in [-0.39, 0.29) is 11.5 Å². The number of hydrogen-bond donors (Lipinski definition) is 1. The molecule has 0 aliphatic heterocycles. The van der Waals surface area contributed by atoms with Gasteiger partial charge in [0.15, 0.2) is 0 Å². The second-order valence-corrected chi connectivity index (χ2v) is 5.03. The fraction of sp³-hybridized carbons (Fsp3) is 0.250. The third-order valence-corrected chi connectivity index (χ3v) is 3.81. The zero-order chi connectivity index (χ0) is 14.1. The molecule has 0 saturated carbocycles. The van der Waals surface area contributed by atoms with Gasteiger partial charge in [0.2, 0.25) is 0 Å². The van der Waals surface area contributed by atoms with Crippen molar-refractivity contribution in [2.24, 2.45) is 0 Å². The maximum Gasteiger partial charge on any atom is 0.335 e. The Morgan fingerprint density at radius 1 is 1.35 bits per heavy atom. The van der Waals surface area contributed by atoms with Crippen molar-refractivity contribution in [2.45, 2.75) is 25.2 Å². The summed E-state index contributed by atoms with van der Waals surface area (Å²) in [6.07, 6.45) is 4.40. The lowest BCUT2D eigenvalue weighted by molar-refractivity contribution is 0.0695. The van der Waals surface area contributed by atoms with Crippen molar-refractivity contribution in [1.82, 2.24) is 4.98 Å². The van der Waals surface area contributed by atoms with E-state index in [1.807, 2.05) is 12.1 Å². The molecule has 1 aliphatic rings. The molecule has 20 heavy (non-hydrogen) atoms. The van der Waals surface area contributed by atoms with Crippen LogP contribution < -0.4 is 0 Å². The topological polar surface area (TPSA) is 50.2 Å². The van der Waals surface area contributed by atoms with Gasteiger partial charge in [-0.2, -0.15) is 0 Å². The molecule has 3 nitrogen and oxygen atoms in total. The molecule has 0 radical (unpaired) electrons. The summed E-state index contributed by atoms with van der Waals surface area (Å²) in [7, 11) is 0. The van der Waals surface area contributed by atoms with Gasteiger partial charge in [0, 0.05) is 12.1 Å². The molecule has 1 atom stereocenters. The van der Waals surface area contributed by atoms with Gasteiger partial charge < -0.3 is 5.11 Å². The number of aromatic carboxylic acids is 1. The van der Waals surface area contributed by atoms with Crippen molar-refractivity contribution in [3.63, 3.8) is 0 Å². The van der Waals surface area contributed by atoms with Gasteiger partial charge in [0.25, 0.3) is 0 Å². The van der Waals surface area contributed by atoms with E-state index >= 15 is 0 Å². The van der Waals surface area contributed by atoms with Crippen LogP contribution in [-0.2, 0) is 6.42 Å². The third kappa shape index (κ3) is 2.18. The minimum absolute atomic E-state index is 0.137. The first-order valence-corrected chi connectivity index (χ1v) is 6.63. The first kappa shape index (κ1) is 12.8. The van der Waals surface area contributed by atoms with Gasteiger partial charge in [-0.3, -0.25) is 4.98 Å². The molecule has 1 heterocycles. The van der Waals surface area contributed by atoms with Gasteiger partial charge in [-0.25, -0.2) is 9.18 Å². The van der Waals surface area contributed by atoms with Crippen molar-refractivity contribution in [3.8, 4) is 0 Å². The van der Waals surface area contributed by atoms with E-state index in [4.69, 9.17) is 0 Å². The lowest BCUT2D eigenvalue weighted by Crippen LogP contribution is -2.16. The highest BCUT2D eigenvalue weighted by atomic mass is 19.1. The van der Waals surface area contributed by atoms with Crippen LogP contribution in [0.5, 0.6) is 0 Å². The Bertz CT molecular complexity index is 669. The van der Waals surface area contributed by atoms with Crippen LogP contribution in [0.2, 0.25) is 0 Å². The lowest BCUT2D eigenvalue weighted by atomic mass is 9.80. The Labute approximate surface area is 116 Å². The van der Waals surface area contributed by atoms with E-state index in [0.717, 1.165) is 30.5 Å². The van der Waals surface area contributed by atoms with Crippen molar-refractivity contribution in [3.05, 3.63) is 64.7 Å². The van der Waals surface area contributed by atoms with E-state index < -0.39 is 11.8 Å². The van der Waals surface area contributed by atoms with Crippen LogP contribution in [0.15, 0.2) is 36.5 Å². The molecule has 2 aromatic rings. The average molecular weight is 271 g/mol. The van der Waals surface area contributed by atoms with Gasteiger partial charge in [-0.05, 0) is 54.7 Å². The van der Waals surface area contributed by atoms with Crippen LogP contribution in [0.1, 0.15) is 45.9 Å². The molecule has 1 aromatic heterocycles. The van der Waals surface area contributed by atoms with E-state index in [2.05, 4.69) is 4.98 Å². The first-order valence-electron chi connectivity index (χ1n) is 6.63. The summed E-state index contributed by atoms with van der Waals surface area (Å²) in [6, 6.07) is 7.75. The summed E-state index contributed by atoms with van der Waals surface area (Å²) >= 11 is 0. The number of halogens is 1. The zero-order valence-electron chi connectivity index (χ0n) is 10.8. The molecule has 0 spiro atoms. The number of rotatable bonds is 2. The number of pyridine rings is 1. The largest absolute Gasteiger partial charge is 0.478 e. The highest BCUT2D eigenvalue weighted by molar-refractivity contribution is 5.89. The molecule has 4 heteroatoms. The second kappa shape index (κ2) is 5.04. The standard InChI is InChI=1S/C16H14FNO2/c17-11-6-7-13(16(19)20)14(9-11)12-5-1-3-10-4-2-8-18-15(10)12/h2,4,6-9,12H,1,3,5H2,(H,19,20). The summed E-state index contributed by atoms with van der Waals surface area (Å²) in [4.78, 5) is 15.7. The van der Waals surface area contributed by atoms with Gasteiger partial charge in [-0.15, -0.1) is 0 Å². The number of fused-ring (bicyclic) bond motifs is 1. The maximum atomic E-state index is 13.5. The second-order valence-electron chi connectivity index (χ2n) is 5.03. The number of carbonyl (C=O) groups is 1. The van der Waals surface area contributed by atoms with Crippen LogP contribution >= 0.6 is 0 Å². The van der Waals surface area contributed by atoms with Gasteiger partial charge >= 0.3 is 5.97 Å². The normalized spacial score (nSPS) is 17.6. The van der Waals surface area contributed by atoms with Crippen molar-refractivity contribution in [2.75, 3.05) is 0 Å². The molecule has 1 aromatic carbocycles. The molecule has 0 fully saturated rings. The molecule has 102 valence electrons. The van der Waals surface area contributed by atoms with Crippen molar-refractivity contribution in [1.29, 1.82) is 0 Å². The van der Waals surface area contributed by atoms with E-state index in [1.165, 1.54) is 18.2 Å². The zero-order valence-corrected chi connectivity index (χ0v) is 10.8. The Morgan fingerprint density at radius 3 is 3.00 bits per heavy atom. The minimum Gasteiger partial charge on any atom is -0.478 e. The number of benzene rings is 1. The van der Waals surface area contributed by atoms with Gasteiger partial charge in [0.05, 0.1) is 11.3 Å². The summed E-state index contributed by atoms with van der Waals surface area (Å²) in [6.45, 7) is 0. The summed E-state index contributed by atoms with van der Waals surface area (Å²) < 4.78 is 13.5. The molecular weight excluding hydrogens is 257 g/mol. The Balaban J connectivity index is 2.15. The van der Waals surface area contributed by atoms with E-state index in [0.29, 0.717) is 5.56 Å². The van der Waals surface area contributed by atoms with Crippen LogP contribution in [-0.4, -0.2) is 16.1 Å². The smallest absolute Gasteiger partial charge is 0.335 e. The quantitative estimate of drug-likeness (QED) is 0.910. The average Bonchev–Trinajstić information content (AvgIpc) is 2.46. The van der Waals surface area contributed by atoms with Crippen LogP contribution in [0.3, 0.4) is 0 Å². The Hall–Kier alpha value is -2.23. The van der Waals surface area contributed by atoms with Crippen molar-refractivity contribution >= 4 is 5.97 Å². The summed E-state index contributed by atoms with van der Waals surface area (Å²) in [5, 5.41) is 9.29. The van der Waals surface area contributed by atoms with E-state index in [1.54, 1.807) is 6.20 Å². The van der Waals surface area contributed by atoms with Crippen molar-refractivity contribution < 1.29 is 14.3 Å². The predicted molar refractivity (Wildman–Crippen MR) is 72.4 cm³/mol. The number of carboxylic acids is 1. The minimum atomic E-state index is -1.02. The van der Waals surface area contributed by atoms with Crippen LogP contribution in [0, 0.1) is 5.82 Å². The Morgan fingerprint density at radius 2 is 2.20 bits per heavy atom. The van der Waals surface area contributed by atoms with Crippen LogP contribution in [0.25, 0.3) is 0 Å². The summed E-state index contributed by atoms with van der Waals surface area (Å²) in [5.41, 5.74) is 2.70. The molecule has 1 N–H and O–H groups in total. The maximum absolute atomic E-state index is 13.5. The Kier molecular flexibility index (Phi) is 3.22. The number of aryl methyl sites for hydroxylation is 1. The fourth-order valence-electron chi connectivity index (χ4n) is 2.93. The monoisotopic (exact) mass is 271 g/mol. The molecule has 0 amide bonds. The number of nitrogens with zero attached hydrogens (tertiary/aromatic N) is 1. The first-order chi connectivity index (χ1) is 9.66. The summed E-state index contributed by atoms with van der Waals surface area (Å²) in [5.74, 6) is -1.57. The van der Waals surface area contributed by atoms with Crippen LogP contribution in [0.4, 0.5) is 4.39 Å².